The smallest absolute Gasteiger partial charge is 0.304 e. The van der Waals surface area contributed by atoms with Crippen LogP contribution in [0.5, 0.6) is 0 Å². The van der Waals surface area contributed by atoms with Gasteiger partial charge in [0.1, 0.15) is 5.76 Å². The Morgan fingerprint density at radius 2 is 1.77 bits per heavy atom. The van der Waals surface area contributed by atoms with Crippen LogP contribution in [0.2, 0.25) is 0 Å². The monoisotopic (exact) mass is 566 g/mol. The second-order valence-corrected chi connectivity index (χ2v) is 11.5. The predicted molar refractivity (Wildman–Crippen MR) is 154 cm³/mol. The minimum atomic E-state index is -4.27. The van der Waals surface area contributed by atoms with Gasteiger partial charge in [0, 0.05) is 34.0 Å². The van der Waals surface area contributed by atoms with Crippen LogP contribution in [-0.2, 0) is 29.5 Å². The van der Waals surface area contributed by atoms with Crippen LogP contribution in [-0.4, -0.2) is 27.7 Å². The summed E-state index contributed by atoms with van der Waals surface area (Å²) in [6.07, 6.45) is 1.57. The lowest BCUT2D eigenvalue weighted by Crippen LogP contribution is -2.20. The van der Waals surface area contributed by atoms with E-state index in [-0.39, 0.29) is 9.77 Å². The lowest BCUT2D eigenvalue weighted by molar-refractivity contribution is 0.399. The predicted octanol–water partition coefficient (Wildman–Crippen LogP) is 5.42. The third kappa shape index (κ3) is 6.11. The Morgan fingerprint density at radius 1 is 1.05 bits per heavy atom. The Morgan fingerprint density at radius 3 is 2.31 bits per heavy atom. The Bertz CT molecular complexity index is 1770. The summed E-state index contributed by atoms with van der Waals surface area (Å²) < 4.78 is 39.0. The molecular weight excluding hydrogens is 536 g/mol. The fraction of sp³-hybridized carbons (Fsp3) is 0.250. The van der Waals surface area contributed by atoms with E-state index in [1.807, 2.05) is 45.0 Å². The lowest BCUT2D eigenvalue weighted by atomic mass is 10.1. The number of benzene rings is 1. The highest BCUT2D eigenvalue weighted by Gasteiger charge is 2.18. The van der Waals surface area contributed by atoms with Crippen molar-refractivity contribution in [2.24, 2.45) is 0 Å². The van der Waals surface area contributed by atoms with Crippen LogP contribution >= 0.6 is 11.3 Å². The molecule has 4 heterocycles. The van der Waals surface area contributed by atoms with Crippen molar-refractivity contribution in [1.29, 1.82) is 0 Å². The highest BCUT2D eigenvalue weighted by Crippen LogP contribution is 2.32. The summed E-state index contributed by atoms with van der Waals surface area (Å²) in [6.45, 7) is 8.20. The maximum atomic E-state index is 12.7. The molecule has 0 amide bonds. The number of nitrogens with zero attached hydrogens (tertiary/aromatic N) is 3. The fourth-order valence-corrected chi connectivity index (χ4v) is 5.91. The minimum Gasteiger partial charge on any atom is -0.381 e. The number of hydrogen-bond acceptors (Lipinski definition) is 8. The molecular formula is C28H30N4O5S2. The van der Waals surface area contributed by atoms with Crippen molar-refractivity contribution in [2.75, 3.05) is 5.73 Å². The molecule has 0 radical (unpaired) electrons. The molecule has 0 spiro atoms. The summed E-state index contributed by atoms with van der Waals surface area (Å²) in [5, 5.41) is 6.13. The highest BCUT2D eigenvalue weighted by molar-refractivity contribution is 7.88. The molecule has 4 aromatic heterocycles. The molecule has 0 saturated carbocycles. The van der Waals surface area contributed by atoms with E-state index < -0.39 is 10.1 Å². The second kappa shape index (κ2) is 11.5. The standard InChI is InChI=1S/C23H22N2O4S2.C5H8N2O/c1-3-17-13-21-19(20(4-2)24-17)9-10-22(26)25(21)14-15-5-7-16(8-6-15)18-11-12-30-23(18)31(27,28)29;1-3-4(2)8-7-5(3)6/h5-13H,3-4,14H2,1-2H3,(H,27,28,29);1-2H3,(H2,6,7). The summed E-state index contributed by atoms with van der Waals surface area (Å²) >= 11 is 0.979. The molecule has 0 fully saturated rings. The van der Waals surface area contributed by atoms with Crippen LogP contribution in [0.1, 0.15) is 42.1 Å². The molecule has 0 unspecified atom stereocenters. The number of fused-ring (bicyclic) bond motifs is 1. The molecule has 0 aliphatic heterocycles. The number of nitrogens with two attached hydrogens (primary N) is 1. The first-order valence-electron chi connectivity index (χ1n) is 12.4. The topological polar surface area (TPSA) is 141 Å². The molecule has 3 N–H and O–H groups in total. The fourth-order valence-electron chi connectivity index (χ4n) is 4.15. The molecule has 204 valence electrons. The number of thiophene rings is 1. The zero-order chi connectivity index (χ0) is 28.3. The highest BCUT2D eigenvalue weighted by atomic mass is 32.3. The first-order chi connectivity index (χ1) is 18.5. The first kappa shape index (κ1) is 28.2. The summed E-state index contributed by atoms with van der Waals surface area (Å²) in [5.74, 6) is 1.28. The van der Waals surface area contributed by atoms with Gasteiger partial charge in [-0.15, -0.1) is 11.3 Å². The van der Waals surface area contributed by atoms with Gasteiger partial charge >= 0.3 is 10.1 Å². The van der Waals surface area contributed by atoms with Crippen molar-refractivity contribution < 1.29 is 17.5 Å². The Kier molecular flexibility index (Phi) is 8.34. The summed E-state index contributed by atoms with van der Waals surface area (Å²) in [6, 6.07) is 14.4. The van der Waals surface area contributed by atoms with Crippen LogP contribution < -0.4 is 11.3 Å². The van der Waals surface area contributed by atoms with Gasteiger partial charge in [-0.05, 0) is 61.4 Å². The Labute approximate surface area is 230 Å². The van der Waals surface area contributed by atoms with E-state index in [0.29, 0.717) is 23.5 Å². The van der Waals surface area contributed by atoms with E-state index in [9.17, 15) is 17.8 Å². The van der Waals surface area contributed by atoms with Crippen molar-refractivity contribution in [1.82, 2.24) is 14.7 Å². The largest absolute Gasteiger partial charge is 0.381 e. The number of aryl methyl sites for hydroxylation is 3. The molecule has 9 nitrogen and oxygen atoms in total. The molecule has 5 rings (SSSR count). The number of nitrogen functional groups attached to an aromatic ring is 1. The van der Waals surface area contributed by atoms with Crippen molar-refractivity contribution >= 4 is 38.2 Å². The summed E-state index contributed by atoms with van der Waals surface area (Å²) in [7, 11) is -4.27. The van der Waals surface area contributed by atoms with Crippen LogP contribution in [0.3, 0.4) is 0 Å². The second-order valence-electron chi connectivity index (χ2n) is 9.00. The number of aromatic nitrogens is 3. The Hall–Kier alpha value is -3.80. The molecule has 1 aromatic carbocycles. The van der Waals surface area contributed by atoms with Gasteiger partial charge in [0.05, 0.1) is 12.1 Å². The van der Waals surface area contributed by atoms with Crippen LogP contribution in [0, 0.1) is 13.8 Å². The van der Waals surface area contributed by atoms with Crippen molar-refractivity contribution in [3.63, 3.8) is 0 Å². The third-order valence-electron chi connectivity index (χ3n) is 6.48. The summed E-state index contributed by atoms with van der Waals surface area (Å²) in [4.78, 5) is 17.4. The average Bonchev–Trinajstić information content (AvgIpc) is 3.53. The zero-order valence-electron chi connectivity index (χ0n) is 22.1. The lowest BCUT2D eigenvalue weighted by Gasteiger charge is -2.14. The van der Waals surface area contributed by atoms with Crippen LogP contribution in [0.4, 0.5) is 5.82 Å². The van der Waals surface area contributed by atoms with Gasteiger partial charge in [-0.25, -0.2) is 0 Å². The van der Waals surface area contributed by atoms with Gasteiger partial charge in [0.2, 0.25) is 0 Å². The molecule has 39 heavy (non-hydrogen) atoms. The van der Waals surface area contributed by atoms with Crippen molar-refractivity contribution in [3.8, 4) is 11.1 Å². The molecule has 11 heteroatoms. The average molecular weight is 567 g/mol. The number of pyridine rings is 2. The molecule has 0 saturated heterocycles. The molecule has 0 aliphatic carbocycles. The third-order valence-corrected chi connectivity index (χ3v) is 8.79. The van der Waals surface area contributed by atoms with Crippen molar-refractivity contribution in [3.05, 3.63) is 92.5 Å². The van der Waals surface area contributed by atoms with Gasteiger partial charge < -0.3 is 14.8 Å². The van der Waals surface area contributed by atoms with E-state index in [4.69, 9.17) is 15.2 Å². The maximum Gasteiger partial charge on any atom is 0.304 e. The quantitative estimate of drug-likeness (QED) is 0.260. The van der Waals surface area contributed by atoms with Gasteiger partial charge in [-0.3, -0.25) is 14.3 Å². The van der Waals surface area contributed by atoms with Crippen molar-refractivity contribution in [2.45, 2.75) is 51.3 Å². The van der Waals surface area contributed by atoms with Gasteiger partial charge in [0.25, 0.3) is 5.56 Å². The number of anilines is 1. The normalized spacial score (nSPS) is 11.4. The van der Waals surface area contributed by atoms with E-state index in [1.165, 1.54) is 0 Å². The van der Waals surface area contributed by atoms with Gasteiger partial charge in [-0.2, -0.15) is 8.42 Å². The van der Waals surface area contributed by atoms with E-state index >= 15 is 0 Å². The molecule has 0 bridgehead atoms. The van der Waals surface area contributed by atoms with Gasteiger partial charge in [-0.1, -0.05) is 43.3 Å². The zero-order valence-corrected chi connectivity index (χ0v) is 23.8. The molecule has 0 aliphatic rings. The van der Waals surface area contributed by atoms with Gasteiger partial charge in [0.15, 0.2) is 10.0 Å². The minimum absolute atomic E-state index is 0.0720. The molecule has 5 aromatic rings. The van der Waals surface area contributed by atoms with E-state index in [0.717, 1.165) is 63.4 Å². The first-order valence-corrected chi connectivity index (χ1v) is 14.7. The van der Waals surface area contributed by atoms with E-state index in [1.54, 1.807) is 34.2 Å². The van der Waals surface area contributed by atoms with Crippen LogP contribution in [0.25, 0.3) is 22.0 Å². The van der Waals surface area contributed by atoms with Crippen LogP contribution in [0.15, 0.2) is 67.4 Å². The number of hydrogen-bond donors (Lipinski definition) is 2. The number of rotatable bonds is 6. The van der Waals surface area contributed by atoms with E-state index in [2.05, 4.69) is 12.1 Å². The SMILES string of the molecule is CCc1cc2c(ccc(=O)n2Cc2ccc(-c3ccsc3S(=O)(=O)O)cc2)c(CC)n1.Cc1onc(N)c1C. The maximum absolute atomic E-state index is 12.7. The Balaban J connectivity index is 0.000000379. The molecule has 0 atom stereocenters. The summed E-state index contributed by atoms with van der Waals surface area (Å²) in [5.41, 5.74) is 11.1.